The van der Waals surface area contributed by atoms with Gasteiger partial charge in [-0.3, -0.25) is 4.99 Å². The van der Waals surface area contributed by atoms with E-state index in [0.29, 0.717) is 0 Å². The summed E-state index contributed by atoms with van der Waals surface area (Å²) in [5, 5.41) is 0. The SMILES string of the molecule is C/C=C(\N=C(C)C(C)(C)C)c1ccc(C)cc1.CCCN. The Morgan fingerprint density at radius 2 is 1.67 bits per heavy atom. The fourth-order valence-electron chi connectivity index (χ4n) is 1.37. The van der Waals surface area contributed by atoms with Crippen molar-refractivity contribution in [1.29, 1.82) is 0 Å². The highest BCUT2D eigenvalue weighted by atomic mass is 14.8. The van der Waals surface area contributed by atoms with Gasteiger partial charge in [0.1, 0.15) is 0 Å². The maximum atomic E-state index is 5.03. The van der Waals surface area contributed by atoms with Crippen LogP contribution in [-0.2, 0) is 0 Å². The van der Waals surface area contributed by atoms with Crippen LogP contribution in [0.25, 0.3) is 5.70 Å². The summed E-state index contributed by atoms with van der Waals surface area (Å²) < 4.78 is 0. The van der Waals surface area contributed by atoms with Gasteiger partial charge in [-0.2, -0.15) is 0 Å². The van der Waals surface area contributed by atoms with Crippen LogP contribution < -0.4 is 5.73 Å². The Morgan fingerprint density at radius 1 is 1.19 bits per heavy atom. The number of rotatable bonds is 3. The fourth-order valence-corrected chi connectivity index (χ4v) is 1.37. The third-order valence-corrected chi connectivity index (χ3v) is 3.28. The Hall–Kier alpha value is -1.41. The van der Waals surface area contributed by atoms with E-state index in [1.165, 1.54) is 11.1 Å². The van der Waals surface area contributed by atoms with Crippen molar-refractivity contribution in [2.45, 2.75) is 54.9 Å². The normalized spacial score (nSPS) is 12.8. The first-order chi connectivity index (χ1) is 9.76. The van der Waals surface area contributed by atoms with Gasteiger partial charge in [0.15, 0.2) is 0 Å². The van der Waals surface area contributed by atoms with Gasteiger partial charge in [0.2, 0.25) is 0 Å². The lowest BCUT2D eigenvalue weighted by Gasteiger charge is -2.18. The van der Waals surface area contributed by atoms with Crippen molar-refractivity contribution >= 4 is 11.4 Å². The number of aliphatic imine (C=N–C) groups is 1. The van der Waals surface area contributed by atoms with E-state index in [-0.39, 0.29) is 5.41 Å². The molecule has 0 atom stereocenters. The van der Waals surface area contributed by atoms with Crippen LogP contribution in [0.1, 0.15) is 59.1 Å². The van der Waals surface area contributed by atoms with E-state index < -0.39 is 0 Å². The zero-order chi connectivity index (χ0) is 16.5. The summed E-state index contributed by atoms with van der Waals surface area (Å²) in [7, 11) is 0. The second-order valence-corrected chi connectivity index (χ2v) is 6.28. The number of hydrogen-bond donors (Lipinski definition) is 1. The summed E-state index contributed by atoms with van der Waals surface area (Å²) in [4.78, 5) is 4.74. The highest BCUT2D eigenvalue weighted by molar-refractivity contribution is 5.91. The predicted molar refractivity (Wildman–Crippen MR) is 96.7 cm³/mol. The molecular weight excluding hydrogens is 256 g/mol. The van der Waals surface area contributed by atoms with Crippen molar-refractivity contribution in [3.05, 3.63) is 41.5 Å². The monoisotopic (exact) mass is 288 g/mol. The Bertz CT molecular complexity index is 457. The van der Waals surface area contributed by atoms with E-state index in [9.17, 15) is 0 Å². The first-order valence-corrected chi connectivity index (χ1v) is 7.75. The molecule has 2 N–H and O–H groups in total. The van der Waals surface area contributed by atoms with Gasteiger partial charge < -0.3 is 5.73 Å². The van der Waals surface area contributed by atoms with Crippen LogP contribution in [0.4, 0.5) is 0 Å². The van der Waals surface area contributed by atoms with E-state index in [2.05, 4.69) is 71.9 Å². The van der Waals surface area contributed by atoms with Gasteiger partial charge in [-0.1, -0.05) is 63.6 Å². The van der Waals surface area contributed by atoms with E-state index in [0.717, 1.165) is 24.4 Å². The number of allylic oxidation sites excluding steroid dienone is 1. The number of hydrogen-bond acceptors (Lipinski definition) is 2. The molecule has 0 saturated heterocycles. The quantitative estimate of drug-likeness (QED) is 0.761. The molecule has 0 aliphatic carbocycles. The number of aryl methyl sites for hydroxylation is 1. The summed E-state index contributed by atoms with van der Waals surface area (Å²) in [6.45, 7) is 15.7. The van der Waals surface area contributed by atoms with Gasteiger partial charge in [0.25, 0.3) is 0 Å². The maximum Gasteiger partial charge on any atom is 0.0658 e. The lowest BCUT2D eigenvalue weighted by Crippen LogP contribution is -2.16. The van der Waals surface area contributed by atoms with Crippen LogP contribution in [-0.4, -0.2) is 12.3 Å². The van der Waals surface area contributed by atoms with Crippen LogP contribution in [0, 0.1) is 12.3 Å². The first kappa shape index (κ1) is 19.6. The average Bonchev–Trinajstić information content (AvgIpc) is 2.44. The molecule has 0 saturated carbocycles. The molecule has 0 unspecified atom stereocenters. The van der Waals surface area contributed by atoms with Gasteiger partial charge in [0.05, 0.1) is 5.70 Å². The molecule has 0 fully saturated rings. The number of benzene rings is 1. The van der Waals surface area contributed by atoms with E-state index in [1.807, 2.05) is 6.92 Å². The largest absolute Gasteiger partial charge is 0.330 e. The van der Waals surface area contributed by atoms with Crippen LogP contribution in [0.2, 0.25) is 0 Å². The van der Waals surface area contributed by atoms with Crippen molar-refractivity contribution in [2.75, 3.05) is 6.54 Å². The molecule has 0 aliphatic heterocycles. The smallest absolute Gasteiger partial charge is 0.0658 e. The Labute approximate surface area is 131 Å². The minimum atomic E-state index is 0.124. The van der Waals surface area contributed by atoms with Crippen molar-refractivity contribution in [3.63, 3.8) is 0 Å². The third-order valence-electron chi connectivity index (χ3n) is 3.28. The summed E-state index contributed by atoms with van der Waals surface area (Å²) >= 11 is 0. The van der Waals surface area contributed by atoms with Gasteiger partial charge in [-0.05, 0) is 44.7 Å². The molecule has 0 radical (unpaired) electrons. The molecule has 1 aromatic rings. The summed E-state index contributed by atoms with van der Waals surface area (Å²) in [6.07, 6.45) is 3.17. The molecule has 2 heteroatoms. The molecule has 1 aromatic carbocycles. The first-order valence-electron chi connectivity index (χ1n) is 7.75. The van der Waals surface area contributed by atoms with Crippen LogP contribution >= 0.6 is 0 Å². The standard InChI is InChI=1S/C16H23N.C3H9N/c1-7-15(17-13(3)16(4,5)6)14-10-8-12(2)9-11-14;1-2-3-4/h7-11H,1-6H3;2-4H2,1H3/b15-7-,17-13?;. The fraction of sp³-hybridized carbons (Fsp3) is 0.526. The van der Waals surface area contributed by atoms with Crippen molar-refractivity contribution in [2.24, 2.45) is 16.1 Å². The average molecular weight is 288 g/mol. The molecule has 0 bridgehead atoms. The molecule has 0 spiro atoms. The van der Waals surface area contributed by atoms with Crippen LogP contribution in [0.5, 0.6) is 0 Å². The van der Waals surface area contributed by atoms with Crippen molar-refractivity contribution in [3.8, 4) is 0 Å². The van der Waals surface area contributed by atoms with Gasteiger partial charge in [-0.25, -0.2) is 0 Å². The second-order valence-electron chi connectivity index (χ2n) is 6.28. The highest BCUT2D eigenvalue weighted by Gasteiger charge is 2.14. The zero-order valence-corrected chi connectivity index (χ0v) is 14.8. The molecule has 118 valence electrons. The maximum absolute atomic E-state index is 5.03. The topological polar surface area (TPSA) is 38.4 Å². The molecule has 21 heavy (non-hydrogen) atoms. The van der Waals surface area contributed by atoms with E-state index >= 15 is 0 Å². The minimum absolute atomic E-state index is 0.124. The summed E-state index contributed by atoms with van der Waals surface area (Å²) in [5.74, 6) is 0. The molecule has 2 nitrogen and oxygen atoms in total. The van der Waals surface area contributed by atoms with E-state index in [4.69, 9.17) is 10.7 Å². The number of nitrogens with zero attached hydrogens (tertiary/aromatic N) is 1. The summed E-state index contributed by atoms with van der Waals surface area (Å²) in [6, 6.07) is 8.51. The third kappa shape index (κ3) is 7.81. The van der Waals surface area contributed by atoms with Gasteiger partial charge in [0, 0.05) is 5.71 Å². The summed E-state index contributed by atoms with van der Waals surface area (Å²) in [5.41, 5.74) is 9.82. The van der Waals surface area contributed by atoms with Gasteiger partial charge >= 0.3 is 0 Å². The second kappa shape index (κ2) is 9.51. The lowest BCUT2D eigenvalue weighted by molar-refractivity contribution is 0.588. The molecule has 0 aliphatic rings. The zero-order valence-electron chi connectivity index (χ0n) is 14.8. The molecular formula is C19H32N2. The molecule has 0 amide bonds. The Morgan fingerprint density at radius 3 is 2.00 bits per heavy atom. The minimum Gasteiger partial charge on any atom is -0.330 e. The Balaban J connectivity index is 0.000000885. The van der Waals surface area contributed by atoms with E-state index in [1.54, 1.807) is 0 Å². The van der Waals surface area contributed by atoms with Crippen LogP contribution in [0.15, 0.2) is 35.3 Å². The number of nitrogens with two attached hydrogens (primary N) is 1. The molecule has 1 rings (SSSR count). The Kier molecular flexibility index (Phi) is 8.87. The highest BCUT2D eigenvalue weighted by Crippen LogP contribution is 2.22. The van der Waals surface area contributed by atoms with Crippen molar-refractivity contribution in [1.82, 2.24) is 0 Å². The molecule has 0 aromatic heterocycles. The van der Waals surface area contributed by atoms with Crippen LogP contribution in [0.3, 0.4) is 0 Å². The van der Waals surface area contributed by atoms with Gasteiger partial charge in [-0.15, -0.1) is 0 Å². The van der Waals surface area contributed by atoms with Crippen molar-refractivity contribution < 1.29 is 0 Å². The molecule has 0 heterocycles. The lowest BCUT2D eigenvalue weighted by atomic mass is 9.91. The predicted octanol–water partition coefficient (Wildman–Crippen LogP) is 5.22.